The maximum absolute atomic E-state index is 13.3. The summed E-state index contributed by atoms with van der Waals surface area (Å²) >= 11 is 0. The van der Waals surface area contributed by atoms with Gasteiger partial charge in [-0.25, -0.2) is 17.2 Å². The number of carbonyl (C=O) groups is 1. The van der Waals surface area contributed by atoms with Crippen LogP contribution in [0.15, 0.2) is 48.5 Å². The summed E-state index contributed by atoms with van der Waals surface area (Å²) in [6, 6.07) is 10.1. The third kappa shape index (κ3) is 4.70. The third-order valence-corrected chi connectivity index (χ3v) is 6.30. The summed E-state index contributed by atoms with van der Waals surface area (Å²) in [5.74, 6) is -2.20. The molecule has 2 aromatic carbocycles. The number of halogens is 2. The van der Waals surface area contributed by atoms with Gasteiger partial charge in [-0.05, 0) is 35.4 Å². The van der Waals surface area contributed by atoms with E-state index in [2.05, 4.69) is 0 Å². The molecule has 1 saturated heterocycles. The second-order valence-corrected chi connectivity index (χ2v) is 8.37. The number of rotatable bonds is 5. The number of nitrogens with zero attached hydrogens (tertiary/aromatic N) is 1. The fraction of sp³-hybridized carbons (Fsp3) is 0.316. The Morgan fingerprint density at radius 2 is 1.37 bits per heavy atom. The molecule has 8 heteroatoms. The molecular weight excluding hydrogens is 376 g/mol. The second-order valence-electron chi connectivity index (χ2n) is 6.28. The largest absolute Gasteiger partial charge is 0.378 e. The molecule has 1 amide bonds. The van der Waals surface area contributed by atoms with E-state index in [0.717, 1.165) is 24.3 Å². The molecule has 1 fully saturated rings. The van der Waals surface area contributed by atoms with Crippen LogP contribution in [-0.2, 0) is 19.4 Å². The van der Waals surface area contributed by atoms with Gasteiger partial charge >= 0.3 is 0 Å². The first-order chi connectivity index (χ1) is 12.9. The van der Waals surface area contributed by atoms with Crippen molar-refractivity contribution >= 4 is 15.7 Å². The zero-order valence-corrected chi connectivity index (χ0v) is 15.3. The van der Waals surface area contributed by atoms with Crippen LogP contribution in [-0.4, -0.2) is 51.3 Å². The van der Waals surface area contributed by atoms with Crippen LogP contribution in [0, 0.1) is 11.6 Å². The molecule has 0 saturated carbocycles. The summed E-state index contributed by atoms with van der Waals surface area (Å²) < 4.78 is 57.9. The summed E-state index contributed by atoms with van der Waals surface area (Å²) in [6.45, 7) is 1.41. The van der Waals surface area contributed by atoms with E-state index in [4.69, 9.17) is 4.74 Å². The SMILES string of the molecule is O=C(CS(=O)(=O)C(c1ccc(F)cc1)c1ccc(F)cc1)N1CCOCC1. The zero-order chi connectivity index (χ0) is 19.4. The molecular formula is C19H19F2NO4S. The van der Waals surface area contributed by atoms with Crippen LogP contribution >= 0.6 is 0 Å². The number of sulfone groups is 1. The molecule has 27 heavy (non-hydrogen) atoms. The van der Waals surface area contributed by atoms with E-state index in [1.807, 2.05) is 0 Å². The van der Waals surface area contributed by atoms with Crippen LogP contribution in [0.3, 0.4) is 0 Å². The molecule has 1 heterocycles. The van der Waals surface area contributed by atoms with Gasteiger partial charge in [0.15, 0.2) is 9.84 Å². The number of benzene rings is 2. The molecule has 0 radical (unpaired) electrons. The molecule has 3 rings (SSSR count). The van der Waals surface area contributed by atoms with E-state index in [-0.39, 0.29) is 0 Å². The van der Waals surface area contributed by atoms with E-state index in [1.165, 1.54) is 29.2 Å². The highest BCUT2D eigenvalue weighted by Crippen LogP contribution is 2.31. The highest BCUT2D eigenvalue weighted by atomic mass is 32.2. The standard InChI is InChI=1S/C19H19F2NO4S/c20-16-5-1-14(2-6-16)19(15-3-7-17(21)8-4-15)27(24,25)13-18(23)22-9-11-26-12-10-22/h1-8,19H,9-13H2. The van der Waals surface area contributed by atoms with E-state index in [1.54, 1.807) is 0 Å². The Bertz CT molecular complexity index is 847. The van der Waals surface area contributed by atoms with Crippen molar-refractivity contribution in [2.45, 2.75) is 5.25 Å². The van der Waals surface area contributed by atoms with Gasteiger partial charge in [0.05, 0.1) is 13.2 Å². The van der Waals surface area contributed by atoms with Gasteiger partial charge in [0, 0.05) is 13.1 Å². The molecule has 0 aliphatic carbocycles. The Hall–Kier alpha value is -2.32. The molecule has 0 aromatic heterocycles. The quantitative estimate of drug-likeness (QED) is 0.780. The minimum absolute atomic E-state index is 0.317. The summed E-state index contributed by atoms with van der Waals surface area (Å²) in [6.07, 6.45) is 0. The molecule has 1 aliphatic rings. The van der Waals surface area contributed by atoms with E-state index in [9.17, 15) is 22.0 Å². The third-order valence-electron chi connectivity index (χ3n) is 4.39. The Kier molecular flexibility index (Phi) is 5.86. The highest BCUT2D eigenvalue weighted by Gasteiger charge is 2.33. The Balaban J connectivity index is 1.94. The lowest BCUT2D eigenvalue weighted by Crippen LogP contribution is -2.43. The van der Waals surface area contributed by atoms with Gasteiger partial charge in [-0.2, -0.15) is 0 Å². The van der Waals surface area contributed by atoms with Crippen molar-refractivity contribution in [2.24, 2.45) is 0 Å². The first kappa shape index (κ1) is 19.4. The van der Waals surface area contributed by atoms with Gasteiger partial charge in [0.25, 0.3) is 0 Å². The van der Waals surface area contributed by atoms with Crippen molar-refractivity contribution in [1.29, 1.82) is 0 Å². The predicted molar refractivity (Wildman–Crippen MR) is 95.8 cm³/mol. The molecule has 5 nitrogen and oxygen atoms in total. The second kappa shape index (κ2) is 8.14. The molecule has 0 N–H and O–H groups in total. The maximum atomic E-state index is 13.3. The Labute approximate surface area is 156 Å². The summed E-state index contributed by atoms with van der Waals surface area (Å²) in [4.78, 5) is 13.9. The van der Waals surface area contributed by atoms with Gasteiger partial charge in [-0.3, -0.25) is 4.79 Å². The Morgan fingerprint density at radius 3 is 1.81 bits per heavy atom. The van der Waals surface area contributed by atoms with Crippen molar-refractivity contribution in [3.8, 4) is 0 Å². The number of ether oxygens (including phenoxy) is 1. The molecule has 2 aromatic rings. The van der Waals surface area contributed by atoms with Crippen LogP contribution in [0.25, 0.3) is 0 Å². The lowest BCUT2D eigenvalue weighted by molar-refractivity contribution is -0.132. The normalized spacial score (nSPS) is 15.1. The monoisotopic (exact) mass is 395 g/mol. The summed E-state index contributed by atoms with van der Waals surface area (Å²) in [5, 5.41) is -1.19. The van der Waals surface area contributed by atoms with Crippen molar-refractivity contribution in [3.05, 3.63) is 71.3 Å². The first-order valence-electron chi connectivity index (χ1n) is 8.45. The van der Waals surface area contributed by atoms with Gasteiger partial charge in [0.2, 0.25) is 5.91 Å². The number of morpholine rings is 1. The van der Waals surface area contributed by atoms with Crippen LogP contribution in [0.4, 0.5) is 8.78 Å². The van der Waals surface area contributed by atoms with Crippen molar-refractivity contribution < 1.29 is 26.7 Å². The van der Waals surface area contributed by atoms with Crippen molar-refractivity contribution in [3.63, 3.8) is 0 Å². The minimum Gasteiger partial charge on any atom is -0.378 e. The number of carbonyl (C=O) groups excluding carboxylic acids is 1. The maximum Gasteiger partial charge on any atom is 0.237 e. The predicted octanol–water partition coefficient (Wildman–Crippen LogP) is 2.33. The van der Waals surface area contributed by atoms with Gasteiger partial charge in [-0.15, -0.1) is 0 Å². The fourth-order valence-electron chi connectivity index (χ4n) is 3.04. The summed E-state index contributed by atoms with van der Waals surface area (Å²) in [7, 11) is -3.98. The van der Waals surface area contributed by atoms with Crippen molar-refractivity contribution in [1.82, 2.24) is 4.90 Å². The lowest BCUT2D eigenvalue weighted by Gasteiger charge is -2.27. The number of hydrogen-bond donors (Lipinski definition) is 0. The van der Waals surface area contributed by atoms with Gasteiger partial charge in [0.1, 0.15) is 22.6 Å². The van der Waals surface area contributed by atoms with Crippen LogP contribution in [0.1, 0.15) is 16.4 Å². The summed E-state index contributed by atoms with van der Waals surface area (Å²) in [5.41, 5.74) is 0.635. The average molecular weight is 395 g/mol. The highest BCUT2D eigenvalue weighted by molar-refractivity contribution is 7.92. The van der Waals surface area contributed by atoms with Crippen LogP contribution in [0.2, 0.25) is 0 Å². The molecule has 1 aliphatic heterocycles. The van der Waals surface area contributed by atoms with Crippen LogP contribution < -0.4 is 0 Å². The fourth-order valence-corrected chi connectivity index (χ4v) is 4.88. The van der Waals surface area contributed by atoms with E-state index >= 15 is 0 Å². The Morgan fingerprint density at radius 1 is 0.926 bits per heavy atom. The van der Waals surface area contributed by atoms with E-state index in [0.29, 0.717) is 37.4 Å². The zero-order valence-electron chi connectivity index (χ0n) is 14.5. The van der Waals surface area contributed by atoms with Crippen LogP contribution in [0.5, 0.6) is 0 Å². The molecule has 144 valence electrons. The van der Waals surface area contributed by atoms with Gasteiger partial charge in [-0.1, -0.05) is 24.3 Å². The number of hydrogen-bond acceptors (Lipinski definition) is 4. The minimum atomic E-state index is -3.98. The lowest BCUT2D eigenvalue weighted by atomic mass is 10.0. The smallest absolute Gasteiger partial charge is 0.237 e. The molecule has 0 bridgehead atoms. The first-order valence-corrected chi connectivity index (χ1v) is 10.2. The molecule has 0 spiro atoms. The van der Waals surface area contributed by atoms with E-state index < -0.39 is 38.4 Å². The molecule has 0 unspecified atom stereocenters. The number of amides is 1. The topological polar surface area (TPSA) is 63.7 Å². The van der Waals surface area contributed by atoms with Gasteiger partial charge < -0.3 is 9.64 Å². The van der Waals surface area contributed by atoms with Crippen molar-refractivity contribution in [2.75, 3.05) is 32.1 Å². The molecule has 0 atom stereocenters. The average Bonchev–Trinajstić information content (AvgIpc) is 2.65.